The molecule has 0 saturated heterocycles. The van der Waals surface area contributed by atoms with E-state index < -0.39 is 22.0 Å². The van der Waals surface area contributed by atoms with Crippen LogP contribution in [0.15, 0.2) is 53.3 Å². The van der Waals surface area contributed by atoms with Gasteiger partial charge in [-0.25, -0.2) is 0 Å². The zero-order chi connectivity index (χ0) is 24.0. The number of hydrogen-bond donors (Lipinski definition) is 3. The van der Waals surface area contributed by atoms with E-state index in [0.29, 0.717) is 11.3 Å². The molecule has 0 spiro atoms. The van der Waals surface area contributed by atoms with E-state index in [9.17, 15) is 24.8 Å². The van der Waals surface area contributed by atoms with Crippen LogP contribution in [-0.4, -0.2) is 32.5 Å². The highest BCUT2D eigenvalue weighted by Gasteiger charge is 2.21. The Balaban J connectivity index is 1.59. The third kappa shape index (κ3) is 6.03. The summed E-state index contributed by atoms with van der Waals surface area (Å²) in [6, 6.07) is 14.4. The molecule has 0 aliphatic rings. The van der Waals surface area contributed by atoms with Crippen LogP contribution in [0.5, 0.6) is 11.6 Å². The number of para-hydroxylation sites is 1. The molecule has 33 heavy (non-hydrogen) atoms. The molecule has 0 aliphatic carbocycles. The van der Waals surface area contributed by atoms with Gasteiger partial charge in [-0.15, -0.1) is 0 Å². The number of aromatic amines is 1. The Hall–Kier alpha value is -4.47. The molecule has 0 saturated carbocycles. The first-order chi connectivity index (χ1) is 15.7. The van der Waals surface area contributed by atoms with E-state index in [-0.39, 0.29) is 24.3 Å². The summed E-state index contributed by atoms with van der Waals surface area (Å²) in [6.45, 7) is 3.94. The lowest BCUT2D eigenvalue weighted by molar-refractivity contribution is -0.387. The van der Waals surface area contributed by atoms with Crippen molar-refractivity contribution >= 4 is 29.4 Å². The maximum Gasteiger partial charge on any atom is 0.395 e. The molecule has 0 radical (unpaired) electrons. The van der Waals surface area contributed by atoms with Crippen molar-refractivity contribution in [1.82, 2.24) is 9.97 Å². The number of ether oxygens (including phenoxy) is 1. The maximum absolute atomic E-state index is 12.3. The topological polar surface area (TPSA) is 147 Å². The van der Waals surface area contributed by atoms with Gasteiger partial charge in [-0.3, -0.25) is 19.7 Å². The number of nitrogens with one attached hydrogen (secondary N) is 2. The number of anilines is 1. The van der Waals surface area contributed by atoms with Gasteiger partial charge in [-0.05, 0) is 41.3 Å². The Labute approximate surface area is 188 Å². The van der Waals surface area contributed by atoms with Gasteiger partial charge < -0.3 is 20.1 Å². The van der Waals surface area contributed by atoms with Crippen molar-refractivity contribution in [3.63, 3.8) is 0 Å². The second-order valence-corrected chi connectivity index (χ2v) is 7.36. The molecule has 3 N–H and O–H groups in total. The lowest BCUT2D eigenvalue weighted by Crippen LogP contribution is -2.21. The fourth-order valence-electron chi connectivity index (χ4n) is 3.02. The fraction of sp³-hybridized carbons (Fsp3) is 0.174. The number of nitrogens with zero attached hydrogens (tertiary/aromatic N) is 2. The molecule has 1 aromatic heterocycles. The van der Waals surface area contributed by atoms with Gasteiger partial charge in [0.05, 0.1) is 4.92 Å². The van der Waals surface area contributed by atoms with Crippen LogP contribution in [0.4, 0.5) is 11.4 Å². The Bertz CT molecular complexity index is 1250. The van der Waals surface area contributed by atoms with Crippen LogP contribution in [0.3, 0.4) is 0 Å². The molecule has 0 bridgehead atoms. The summed E-state index contributed by atoms with van der Waals surface area (Å²) in [5.41, 5.74) is 0.443. The van der Waals surface area contributed by atoms with E-state index in [2.05, 4.69) is 29.1 Å². The van der Waals surface area contributed by atoms with Crippen molar-refractivity contribution in [3.05, 3.63) is 86.0 Å². The Morgan fingerprint density at radius 1 is 1.21 bits per heavy atom. The first-order valence-electron chi connectivity index (χ1n) is 10.0. The largest absolute Gasteiger partial charge is 0.488 e. The molecular weight excluding hydrogens is 428 g/mol. The molecule has 0 unspecified atom stereocenters. The van der Waals surface area contributed by atoms with E-state index in [1.54, 1.807) is 30.3 Å². The molecule has 0 aliphatic heterocycles. The maximum atomic E-state index is 12.3. The first-order valence-corrected chi connectivity index (χ1v) is 10.0. The molecule has 3 aromatic rings. The van der Waals surface area contributed by atoms with Crippen LogP contribution < -0.4 is 15.6 Å². The minimum Gasteiger partial charge on any atom is -0.488 e. The Kier molecular flexibility index (Phi) is 7.19. The molecule has 3 rings (SSSR count). The summed E-state index contributed by atoms with van der Waals surface area (Å²) in [4.78, 5) is 39.5. The van der Waals surface area contributed by atoms with Crippen molar-refractivity contribution in [2.75, 3.05) is 11.9 Å². The van der Waals surface area contributed by atoms with E-state index in [0.717, 1.165) is 11.3 Å². The first kappa shape index (κ1) is 23.2. The minimum atomic E-state index is -1.05. The zero-order valence-corrected chi connectivity index (χ0v) is 17.9. The van der Waals surface area contributed by atoms with E-state index in [1.807, 2.05) is 24.3 Å². The highest BCUT2D eigenvalue weighted by atomic mass is 16.6. The quantitative estimate of drug-likeness (QED) is 0.350. The number of hydrogen-bond acceptors (Lipinski definition) is 7. The number of rotatable bonds is 8. The number of aromatic nitrogens is 2. The summed E-state index contributed by atoms with van der Waals surface area (Å²) in [5.74, 6) is -0.520. The summed E-state index contributed by atoms with van der Waals surface area (Å²) in [6.07, 6.45) is 2.98. The number of carbonyl (C=O) groups is 1. The average molecular weight is 450 g/mol. The van der Waals surface area contributed by atoms with Gasteiger partial charge in [0.1, 0.15) is 11.6 Å². The van der Waals surface area contributed by atoms with Crippen molar-refractivity contribution in [3.8, 4) is 11.6 Å². The SMILES string of the molecule is CC(C)c1ccccc1NC(=O)COc1ccc(C=Cc2nc(O)c([N+](=O)[O-])c(=O)[nH]2)cc1. The fourth-order valence-corrected chi connectivity index (χ4v) is 3.02. The number of carbonyl (C=O) groups excluding carboxylic acids is 1. The number of nitro groups is 1. The Morgan fingerprint density at radius 3 is 2.55 bits per heavy atom. The van der Waals surface area contributed by atoms with E-state index in [4.69, 9.17) is 4.74 Å². The van der Waals surface area contributed by atoms with E-state index in [1.165, 1.54) is 6.08 Å². The summed E-state index contributed by atoms with van der Waals surface area (Å²) in [7, 11) is 0. The number of benzene rings is 2. The van der Waals surface area contributed by atoms with Gasteiger partial charge in [0.2, 0.25) is 0 Å². The predicted molar refractivity (Wildman–Crippen MR) is 123 cm³/mol. The van der Waals surface area contributed by atoms with Crippen molar-refractivity contribution in [1.29, 1.82) is 0 Å². The minimum absolute atomic E-state index is 0.0400. The molecule has 10 nitrogen and oxygen atoms in total. The van der Waals surface area contributed by atoms with Gasteiger partial charge >= 0.3 is 11.2 Å². The number of aromatic hydroxyl groups is 1. The summed E-state index contributed by atoms with van der Waals surface area (Å²) >= 11 is 0. The smallest absolute Gasteiger partial charge is 0.395 e. The highest BCUT2D eigenvalue weighted by Crippen LogP contribution is 2.23. The molecule has 170 valence electrons. The summed E-state index contributed by atoms with van der Waals surface area (Å²) in [5, 5.41) is 23.1. The average Bonchev–Trinajstić information content (AvgIpc) is 2.76. The van der Waals surface area contributed by atoms with Crippen LogP contribution in [0.1, 0.15) is 36.7 Å². The third-order valence-corrected chi connectivity index (χ3v) is 4.62. The second-order valence-electron chi connectivity index (χ2n) is 7.36. The van der Waals surface area contributed by atoms with Crippen molar-refractivity contribution in [2.45, 2.75) is 19.8 Å². The molecule has 1 heterocycles. The molecule has 0 fully saturated rings. The third-order valence-electron chi connectivity index (χ3n) is 4.62. The lowest BCUT2D eigenvalue weighted by Gasteiger charge is -2.14. The molecule has 0 atom stereocenters. The van der Waals surface area contributed by atoms with Crippen molar-refractivity contribution in [2.24, 2.45) is 0 Å². The van der Waals surface area contributed by atoms with Gasteiger partial charge in [0, 0.05) is 5.69 Å². The molecule has 10 heteroatoms. The van der Waals surface area contributed by atoms with Crippen LogP contribution in [-0.2, 0) is 4.79 Å². The molecular formula is C23H22N4O6. The van der Waals surface area contributed by atoms with Crippen LogP contribution >= 0.6 is 0 Å². The van der Waals surface area contributed by atoms with Crippen molar-refractivity contribution < 1.29 is 19.6 Å². The zero-order valence-electron chi connectivity index (χ0n) is 17.9. The van der Waals surface area contributed by atoms with E-state index >= 15 is 0 Å². The van der Waals surface area contributed by atoms with Gasteiger partial charge in [0.25, 0.3) is 11.8 Å². The van der Waals surface area contributed by atoms with Gasteiger partial charge in [-0.2, -0.15) is 4.98 Å². The number of H-pyrrole nitrogens is 1. The predicted octanol–water partition coefficient (Wildman–Crippen LogP) is 3.70. The normalized spacial score (nSPS) is 11.0. The second kappa shape index (κ2) is 10.2. The van der Waals surface area contributed by atoms with Crippen LogP contribution in [0.2, 0.25) is 0 Å². The van der Waals surface area contributed by atoms with Gasteiger partial charge in [-0.1, -0.05) is 50.3 Å². The lowest BCUT2D eigenvalue weighted by atomic mass is 10.0. The van der Waals surface area contributed by atoms with Crippen LogP contribution in [0, 0.1) is 10.1 Å². The highest BCUT2D eigenvalue weighted by molar-refractivity contribution is 5.92. The monoisotopic (exact) mass is 450 g/mol. The molecule has 2 aromatic carbocycles. The Morgan fingerprint density at radius 2 is 1.91 bits per heavy atom. The molecule has 1 amide bonds. The summed E-state index contributed by atoms with van der Waals surface area (Å²) < 4.78 is 5.53. The standard InChI is InChI=1S/C23H22N4O6/c1-14(2)17-5-3-4-6-18(17)24-20(28)13-33-16-10-7-15(8-11-16)9-12-19-25-22(29)21(27(31)32)23(30)26-19/h3-12,14H,13H2,1-2H3,(H,24,28)(H2,25,26,29,30). The van der Waals surface area contributed by atoms with Gasteiger partial charge in [0.15, 0.2) is 6.61 Å². The van der Waals surface area contributed by atoms with Crippen LogP contribution in [0.25, 0.3) is 12.2 Å². The number of amides is 1.